The molecule has 7 heteroatoms. The van der Waals surface area contributed by atoms with Gasteiger partial charge in [0.15, 0.2) is 5.82 Å². The van der Waals surface area contributed by atoms with Crippen LogP contribution in [0.5, 0.6) is 0 Å². The van der Waals surface area contributed by atoms with Gasteiger partial charge in [0.05, 0.1) is 5.75 Å². The number of piperidine rings is 1. The van der Waals surface area contributed by atoms with Crippen LogP contribution in [0.15, 0.2) is 4.52 Å². The van der Waals surface area contributed by atoms with E-state index in [4.69, 9.17) is 4.52 Å². The number of aromatic nitrogens is 2. The predicted octanol–water partition coefficient (Wildman–Crippen LogP) is 2.11. The Morgan fingerprint density at radius 3 is 2.55 bits per heavy atom. The second-order valence-electron chi connectivity index (χ2n) is 5.37. The van der Waals surface area contributed by atoms with Gasteiger partial charge in [0.1, 0.15) is 0 Å². The third kappa shape index (κ3) is 3.20. The van der Waals surface area contributed by atoms with Crippen LogP contribution in [0.25, 0.3) is 0 Å². The lowest BCUT2D eigenvalue weighted by molar-refractivity contribution is 0.270. The average Bonchev–Trinajstić information content (AvgIpc) is 2.96. The van der Waals surface area contributed by atoms with Crippen molar-refractivity contribution in [2.45, 2.75) is 51.9 Å². The molecule has 0 saturated carbocycles. The van der Waals surface area contributed by atoms with Crippen molar-refractivity contribution in [1.29, 1.82) is 0 Å². The summed E-state index contributed by atoms with van der Waals surface area (Å²) in [6.45, 7) is 6.93. The van der Waals surface area contributed by atoms with E-state index in [0.717, 1.165) is 25.1 Å². The summed E-state index contributed by atoms with van der Waals surface area (Å²) in [5.74, 6) is 2.06. The van der Waals surface area contributed by atoms with E-state index in [2.05, 4.69) is 24.0 Å². The van der Waals surface area contributed by atoms with E-state index >= 15 is 0 Å². The van der Waals surface area contributed by atoms with Crippen LogP contribution in [0.3, 0.4) is 0 Å². The summed E-state index contributed by atoms with van der Waals surface area (Å²) in [4.78, 5) is 4.47. The maximum absolute atomic E-state index is 11.8. The Hall–Kier alpha value is -0.950. The molecule has 1 aromatic heterocycles. The average molecular weight is 301 g/mol. The fourth-order valence-corrected chi connectivity index (χ4v) is 3.49. The van der Waals surface area contributed by atoms with Crippen molar-refractivity contribution in [3.05, 3.63) is 11.7 Å². The largest absolute Gasteiger partial charge is 0.339 e. The molecule has 1 aliphatic heterocycles. The lowest BCUT2D eigenvalue weighted by Crippen LogP contribution is -2.38. The first-order chi connectivity index (χ1) is 9.47. The summed E-state index contributed by atoms with van der Waals surface area (Å²) in [7, 11) is -3.07. The molecular formula is C13H23N3O3S. The molecule has 1 fully saturated rings. The van der Waals surface area contributed by atoms with Gasteiger partial charge in [-0.2, -0.15) is 4.98 Å². The Morgan fingerprint density at radius 2 is 2.00 bits per heavy atom. The highest BCUT2D eigenvalue weighted by Crippen LogP contribution is 2.29. The van der Waals surface area contributed by atoms with Crippen molar-refractivity contribution in [2.24, 2.45) is 0 Å². The quantitative estimate of drug-likeness (QED) is 0.832. The number of hydrogen-bond donors (Lipinski definition) is 0. The Balaban J connectivity index is 1.99. The lowest BCUT2D eigenvalue weighted by atomic mass is 9.98. The van der Waals surface area contributed by atoms with Gasteiger partial charge < -0.3 is 4.52 Å². The molecule has 114 valence electrons. The van der Waals surface area contributed by atoms with Gasteiger partial charge in [0.2, 0.25) is 15.9 Å². The highest BCUT2D eigenvalue weighted by molar-refractivity contribution is 7.89. The smallest absolute Gasteiger partial charge is 0.229 e. The molecule has 2 heterocycles. The summed E-state index contributed by atoms with van der Waals surface area (Å²) in [6, 6.07) is 0. The second kappa shape index (κ2) is 6.22. The van der Waals surface area contributed by atoms with Gasteiger partial charge >= 0.3 is 0 Å². The maximum atomic E-state index is 11.8. The summed E-state index contributed by atoms with van der Waals surface area (Å²) in [6.07, 6.45) is 2.48. The zero-order valence-corrected chi connectivity index (χ0v) is 13.2. The summed E-state index contributed by atoms with van der Waals surface area (Å²) in [5, 5.41) is 4.03. The van der Waals surface area contributed by atoms with Gasteiger partial charge in [0, 0.05) is 24.9 Å². The first-order valence-electron chi connectivity index (χ1n) is 7.29. The van der Waals surface area contributed by atoms with Gasteiger partial charge in [-0.05, 0) is 26.2 Å². The van der Waals surface area contributed by atoms with E-state index in [-0.39, 0.29) is 11.7 Å². The second-order valence-corrected chi connectivity index (χ2v) is 7.63. The van der Waals surface area contributed by atoms with Crippen molar-refractivity contribution in [2.75, 3.05) is 18.8 Å². The molecule has 0 aliphatic carbocycles. The van der Waals surface area contributed by atoms with Crippen LogP contribution in [0.4, 0.5) is 0 Å². The molecule has 0 bridgehead atoms. The zero-order chi connectivity index (χ0) is 14.8. The molecule has 1 atom stereocenters. The number of hydrogen-bond acceptors (Lipinski definition) is 5. The lowest BCUT2D eigenvalue weighted by Gasteiger charge is -2.29. The maximum Gasteiger partial charge on any atom is 0.229 e. The van der Waals surface area contributed by atoms with Crippen molar-refractivity contribution in [3.63, 3.8) is 0 Å². The van der Waals surface area contributed by atoms with Gasteiger partial charge in [0.25, 0.3) is 0 Å². The van der Waals surface area contributed by atoms with Crippen LogP contribution in [0.2, 0.25) is 0 Å². The number of sulfonamides is 1. The first-order valence-corrected chi connectivity index (χ1v) is 8.90. The minimum atomic E-state index is -3.07. The zero-order valence-electron chi connectivity index (χ0n) is 12.4. The van der Waals surface area contributed by atoms with Crippen molar-refractivity contribution >= 4 is 10.0 Å². The molecule has 1 aliphatic rings. The minimum Gasteiger partial charge on any atom is -0.339 e. The Bertz CT molecular complexity index is 533. The molecule has 0 spiro atoms. The summed E-state index contributed by atoms with van der Waals surface area (Å²) in [5.41, 5.74) is 0. The predicted molar refractivity (Wildman–Crippen MR) is 76.0 cm³/mol. The standard InChI is InChI=1S/C13H23N3O3S/c1-4-10(3)12-14-13(19-15-12)11-6-8-16(9-7-11)20(17,18)5-2/h10-11H,4-9H2,1-3H3/t10-/m1/s1. The normalized spacial score (nSPS) is 20.1. The molecule has 0 unspecified atom stereocenters. The summed E-state index contributed by atoms with van der Waals surface area (Å²) < 4.78 is 30.5. The van der Waals surface area contributed by atoms with E-state index < -0.39 is 10.0 Å². The fraction of sp³-hybridized carbons (Fsp3) is 0.846. The molecule has 0 N–H and O–H groups in total. The first kappa shape index (κ1) is 15.4. The van der Waals surface area contributed by atoms with Crippen LogP contribution in [0.1, 0.15) is 63.6 Å². The molecule has 6 nitrogen and oxygen atoms in total. The van der Waals surface area contributed by atoms with E-state index in [1.54, 1.807) is 11.2 Å². The van der Waals surface area contributed by atoms with Gasteiger partial charge in [-0.1, -0.05) is 19.0 Å². The van der Waals surface area contributed by atoms with E-state index in [1.807, 2.05) is 0 Å². The van der Waals surface area contributed by atoms with E-state index in [9.17, 15) is 8.42 Å². The van der Waals surface area contributed by atoms with Crippen molar-refractivity contribution in [1.82, 2.24) is 14.4 Å². The van der Waals surface area contributed by atoms with Crippen LogP contribution < -0.4 is 0 Å². The third-order valence-corrected chi connectivity index (χ3v) is 5.95. The highest BCUT2D eigenvalue weighted by atomic mass is 32.2. The van der Waals surface area contributed by atoms with Crippen molar-refractivity contribution < 1.29 is 12.9 Å². The molecule has 0 aromatic carbocycles. The third-order valence-electron chi connectivity index (χ3n) is 4.07. The fourth-order valence-electron chi connectivity index (χ4n) is 2.36. The Labute approximate surface area is 120 Å². The molecule has 20 heavy (non-hydrogen) atoms. The van der Waals surface area contributed by atoms with E-state index in [0.29, 0.717) is 24.9 Å². The molecular weight excluding hydrogens is 278 g/mol. The van der Waals surface area contributed by atoms with Crippen molar-refractivity contribution in [3.8, 4) is 0 Å². The van der Waals surface area contributed by atoms with Crippen LogP contribution >= 0.6 is 0 Å². The number of nitrogens with zero attached hydrogens (tertiary/aromatic N) is 3. The SMILES string of the molecule is CC[C@@H](C)c1noc(C2CCN(S(=O)(=O)CC)CC2)n1. The van der Waals surface area contributed by atoms with Gasteiger partial charge in [-0.25, -0.2) is 12.7 Å². The molecule has 0 amide bonds. The van der Waals surface area contributed by atoms with Crippen LogP contribution in [-0.4, -0.2) is 41.7 Å². The number of rotatable bonds is 5. The highest BCUT2D eigenvalue weighted by Gasteiger charge is 2.30. The molecule has 1 saturated heterocycles. The Kier molecular flexibility index (Phi) is 4.80. The monoisotopic (exact) mass is 301 g/mol. The summed E-state index contributed by atoms with van der Waals surface area (Å²) >= 11 is 0. The van der Waals surface area contributed by atoms with Crippen LogP contribution in [-0.2, 0) is 10.0 Å². The molecule has 1 aromatic rings. The van der Waals surface area contributed by atoms with Gasteiger partial charge in [-0.15, -0.1) is 0 Å². The topological polar surface area (TPSA) is 76.3 Å². The Morgan fingerprint density at radius 1 is 1.35 bits per heavy atom. The van der Waals surface area contributed by atoms with E-state index in [1.165, 1.54) is 0 Å². The van der Waals surface area contributed by atoms with Gasteiger partial charge in [-0.3, -0.25) is 0 Å². The minimum absolute atomic E-state index is 0.163. The van der Waals surface area contributed by atoms with Crippen LogP contribution in [0, 0.1) is 0 Å². The molecule has 2 rings (SSSR count). The molecule has 0 radical (unpaired) electrons.